The van der Waals surface area contributed by atoms with Gasteiger partial charge in [-0.15, -0.1) is 0 Å². The molecule has 0 atom stereocenters. The summed E-state index contributed by atoms with van der Waals surface area (Å²) in [4.78, 5) is 10.3. The molecule has 0 aliphatic rings. The van der Waals surface area contributed by atoms with Crippen LogP contribution in [0.3, 0.4) is 0 Å². The van der Waals surface area contributed by atoms with E-state index in [9.17, 15) is 5.11 Å². The Morgan fingerprint density at radius 1 is 0.568 bits per heavy atom. The Morgan fingerprint density at radius 3 is 2.05 bits per heavy atom. The van der Waals surface area contributed by atoms with Crippen LogP contribution in [0.1, 0.15) is 5.69 Å². The molecule has 210 valence electrons. The Kier molecular flexibility index (Phi) is 6.09. The molecule has 44 heavy (non-hydrogen) atoms. The lowest BCUT2D eigenvalue weighted by atomic mass is 9.96. The first-order chi connectivity index (χ1) is 21.7. The number of pyridine rings is 1. The number of hydrogen-bond donors (Lipinski definition) is 1. The highest BCUT2D eigenvalue weighted by molar-refractivity contribution is 5.89. The Labute approximate surface area is 255 Å². The number of para-hydroxylation sites is 4. The van der Waals surface area contributed by atoms with E-state index >= 15 is 0 Å². The molecule has 8 aromatic rings. The van der Waals surface area contributed by atoms with Crippen LogP contribution in [0.15, 0.2) is 146 Å². The van der Waals surface area contributed by atoms with Gasteiger partial charge in [0.05, 0.1) is 16.7 Å². The normalized spacial score (nSPS) is 11.4. The predicted octanol–water partition coefficient (Wildman–Crippen LogP) is 9.36. The second-order valence-electron chi connectivity index (χ2n) is 10.9. The molecule has 3 heterocycles. The highest BCUT2D eigenvalue weighted by atomic mass is 16.3. The van der Waals surface area contributed by atoms with Gasteiger partial charge >= 0.3 is 0 Å². The van der Waals surface area contributed by atoms with Gasteiger partial charge in [-0.1, -0.05) is 72.8 Å². The lowest BCUT2D eigenvalue weighted by Crippen LogP contribution is -1.98. The molecule has 5 aromatic carbocycles. The summed E-state index contributed by atoms with van der Waals surface area (Å²) in [7, 11) is 0. The van der Waals surface area contributed by atoms with Gasteiger partial charge in [0.25, 0.3) is 0 Å². The van der Waals surface area contributed by atoms with Crippen LogP contribution in [0.4, 0.5) is 0 Å². The fraction of sp³-hybridized carbons (Fsp3) is 0.0256. The number of phenolic OH excluding ortho intramolecular Hbond substituents is 1. The Hall–Kier alpha value is -5.94. The third kappa shape index (κ3) is 4.26. The molecule has 3 aromatic heterocycles. The summed E-state index contributed by atoms with van der Waals surface area (Å²) < 4.78 is 4.34. The van der Waals surface area contributed by atoms with Crippen molar-refractivity contribution in [2.24, 2.45) is 0 Å². The number of aromatic hydroxyl groups is 1. The van der Waals surface area contributed by atoms with E-state index in [1.54, 1.807) is 6.07 Å². The van der Waals surface area contributed by atoms with Gasteiger partial charge in [-0.3, -0.25) is 4.57 Å². The molecular formula is C39H28N4O. The molecule has 0 saturated carbocycles. The number of aryl methyl sites for hydroxylation is 1. The van der Waals surface area contributed by atoms with Crippen molar-refractivity contribution in [3.05, 3.63) is 151 Å². The number of aromatic nitrogens is 4. The number of rotatable bonds is 5. The maximum atomic E-state index is 10.6. The lowest BCUT2D eigenvalue weighted by Gasteiger charge is -2.14. The van der Waals surface area contributed by atoms with Crippen molar-refractivity contribution in [2.75, 3.05) is 0 Å². The number of phenols is 1. The van der Waals surface area contributed by atoms with E-state index in [0.717, 1.165) is 73.0 Å². The van der Waals surface area contributed by atoms with Gasteiger partial charge in [-0.05, 0) is 90.3 Å². The standard InChI is InChI=1S/C39H28N4O/c1-26-37(33-17-8-11-21-36(33)44)41-39-32(18-12-22-42(26)39)29-23-28(27-13-4-2-5-14-27)24-30(25-29)38-40-34-19-9-10-20-35(34)43(38)31-15-6-3-7-16-31/h2-25,44H,1H3. The molecule has 5 heteroatoms. The fourth-order valence-electron chi connectivity index (χ4n) is 6.11. The van der Waals surface area contributed by atoms with E-state index < -0.39 is 0 Å². The minimum atomic E-state index is 0.216. The van der Waals surface area contributed by atoms with E-state index in [-0.39, 0.29) is 5.75 Å². The molecule has 8 rings (SSSR count). The van der Waals surface area contributed by atoms with Gasteiger partial charge in [0.2, 0.25) is 0 Å². The average molecular weight is 569 g/mol. The van der Waals surface area contributed by atoms with E-state index in [2.05, 4.69) is 106 Å². The fourth-order valence-corrected chi connectivity index (χ4v) is 6.11. The number of benzene rings is 5. The molecule has 5 nitrogen and oxygen atoms in total. The number of fused-ring (bicyclic) bond motifs is 2. The maximum Gasteiger partial charge on any atom is 0.145 e. The summed E-state index contributed by atoms with van der Waals surface area (Å²) >= 11 is 0. The molecule has 0 unspecified atom stereocenters. The molecule has 0 saturated heterocycles. The van der Waals surface area contributed by atoms with Crippen LogP contribution >= 0.6 is 0 Å². The summed E-state index contributed by atoms with van der Waals surface area (Å²) in [5.41, 5.74) is 11.6. The van der Waals surface area contributed by atoms with Crippen LogP contribution in [0.25, 0.3) is 67.3 Å². The topological polar surface area (TPSA) is 55.4 Å². The number of hydrogen-bond acceptors (Lipinski definition) is 3. The third-order valence-corrected chi connectivity index (χ3v) is 8.23. The summed E-state index contributed by atoms with van der Waals surface area (Å²) in [6, 6.07) is 47.3. The van der Waals surface area contributed by atoms with Crippen LogP contribution in [0.2, 0.25) is 0 Å². The van der Waals surface area contributed by atoms with E-state index in [0.29, 0.717) is 0 Å². The first kappa shape index (κ1) is 25.7. The molecule has 0 bridgehead atoms. The minimum Gasteiger partial charge on any atom is -0.507 e. The van der Waals surface area contributed by atoms with Crippen LogP contribution < -0.4 is 0 Å². The lowest BCUT2D eigenvalue weighted by molar-refractivity contribution is 0.477. The largest absolute Gasteiger partial charge is 0.507 e. The Bertz CT molecular complexity index is 2300. The quantitative estimate of drug-likeness (QED) is 0.225. The summed E-state index contributed by atoms with van der Waals surface area (Å²) in [5, 5.41) is 10.6. The van der Waals surface area contributed by atoms with E-state index in [4.69, 9.17) is 9.97 Å². The van der Waals surface area contributed by atoms with Crippen LogP contribution in [0.5, 0.6) is 5.75 Å². The second-order valence-corrected chi connectivity index (χ2v) is 10.9. The summed E-state index contributed by atoms with van der Waals surface area (Å²) in [5.74, 6) is 1.09. The second kappa shape index (κ2) is 10.4. The van der Waals surface area contributed by atoms with Crippen LogP contribution in [-0.4, -0.2) is 24.0 Å². The van der Waals surface area contributed by atoms with Gasteiger partial charge in [-0.2, -0.15) is 0 Å². The van der Waals surface area contributed by atoms with E-state index in [1.807, 2.05) is 49.5 Å². The first-order valence-electron chi connectivity index (χ1n) is 14.7. The molecule has 0 aliphatic carbocycles. The Balaban J connectivity index is 1.40. The number of nitrogens with zero attached hydrogens (tertiary/aromatic N) is 4. The van der Waals surface area contributed by atoms with Crippen molar-refractivity contribution in [1.82, 2.24) is 18.9 Å². The zero-order valence-corrected chi connectivity index (χ0v) is 24.1. The van der Waals surface area contributed by atoms with Gasteiger partial charge < -0.3 is 9.51 Å². The number of imidazole rings is 2. The van der Waals surface area contributed by atoms with Gasteiger partial charge in [0.1, 0.15) is 17.2 Å². The maximum absolute atomic E-state index is 10.6. The van der Waals surface area contributed by atoms with Gasteiger partial charge in [-0.25, -0.2) is 9.97 Å². The van der Waals surface area contributed by atoms with Gasteiger partial charge in [0.15, 0.2) is 0 Å². The zero-order valence-electron chi connectivity index (χ0n) is 24.1. The van der Waals surface area contributed by atoms with Crippen LogP contribution in [0, 0.1) is 6.92 Å². The molecule has 0 radical (unpaired) electrons. The summed E-state index contributed by atoms with van der Waals surface area (Å²) in [6.07, 6.45) is 2.03. The molecule has 0 spiro atoms. The average Bonchev–Trinajstić information content (AvgIpc) is 3.64. The van der Waals surface area contributed by atoms with E-state index in [1.165, 1.54) is 0 Å². The summed E-state index contributed by atoms with van der Waals surface area (Å²) in [6.45, 7) is 2.04. The van der Waals surface area contributed by atoms with Crippen molar-refractivity contribution < 1.29 is 5.11 Å². The zero-order chi connectivity index (χ0) is 29.6. The highest BCUT2D eigenvalue weighted by Gasteiger charge is 2.19. The monoisotopic (exact) mass is 568 g/mol. The van der Waals surface area contributed by atoms with Crippen molar-refractivity contribution in [3.63, 3.8) is 0 Å². The van der Waals surface area contributed by atoms with Crippen molar-refractivity contribution in [3.8, 4) is 56.3 Å². The van der Waals surface area contributed by atoms with Gasteiger partial charge in [0, 0.05) is 34.3 Å². The predicted molar refractivity (Wildman–Crippen MR) is 178 cm³/mol. The SMILES string of the molecule is Cc1c(-c2ccccc2O)nc2c(-c3cc(-c4ccccc4)cc(-c4nc5ccccc5n4-c4ccccc4)c3)cccn12. The molecule has 0 aliphatic heterocycles. The molecular weight excluding hydrogens is 540 g/mol. The van der Waals surface area contributed by atoms with Crippen molar-refractivity contribution in [1.29, 1.82) is 0 Å². The molecule has 0 amide bonds. The van der Waals surface area contributed by atoms with Crippen molar-refractivity contribution >= 4 is 16.7 Å². The molecule has 0 fully saturated rings. The third-order valence-electron chi connectivity index (χ3n) is 8.23. The minimum absolute atomic E-state index is 0.216. The first-order valence-corrected chi connectivity index (χ1v) is 14.7. The molecule has 1 N–H and O–H groups in total. The highest BCUT2D eigenvalue weighted by Crippen LogP contribution is 2.38. The smallest absolute Gasteiger partial charge is 0.145 e. The van der Waals surface area contributed by atoms with Crippen LogP contribution in [-0.2, 0) is 0 Å². The van der Waals surface area contributed by atoms with Crippen molar-refractivity contribution in [2.45, 2.75) is 6.92 Å². The Morgan fingerprint density at radius 2 is 1.23 bits per heavy atom.